The number of aromatic nitrogens is 2. The van der Waals surface area contributed by atoms with Gasteiger partial charge in [0, 0.05) is 12.6 Å². The van der Waals surface area contributed by atoms with Crippen molar-refractivity contribution in [2.75, 3.05) is 0 Å². The molecule has 0 bridgehead atoms. The van der Waals surface area contributed by atoms with Crippen molar-refractivity contribution in [1.82, 2.24) is 9.55 Å². The third kappa shape index (κ3) is 1.11. The summed E-state index contributed by atoms with van der Waals surface area (Å²) in [5, 5.41) is 0. The second kappa shape index (κ2) is 2.44. The van der Waals surface area contributed by atoms with Gasteiger partial charge in [0.15, 0.2) is 5.78 Å². The van der Waals surface area contributed by atoms with E-state index in [4.69, 9.17) is 0 Å². The third-order valence-electron chi connectivity index (χ3n) is 1.97. The van der Waals surface area contributed by atoms with Crippen molar-refractivity contribution < 1.29 is 4.79 Å². The van der Waals surface area contributed by atoms with E-state index in [0.717, 1.165) is 17.4 Å². The molecule has 2 rings (SSSR count). The predicted octanol–water partition coefficient (Wildman–Crippen LogP) is 1.55. The lowest BCUT2D eigenvalue weighted by Gasteiger charge is -2.24. The summed E-state index contributed by atoms with van der Waals surface area (Å²) < 4.78 is 2.65. The Morgan fingerprint density at radius 1 is 1.73 bits per heavy atom. The van der Waals surface area contributed by atoms with Gasteiger partial charge in [0.2, 0.25) is 0 Å². The summed E-state index contributed by atoms with van der Waals surface area (Å²) in [6.07, 6.45) is 5.20. The number of hydrogen-bond acceptors (Lipinski definition) is 2. The summed E-state index contributed by atoms with van der Waals surface area (Å²) in [4.78, 5) is 15.0. The summed E-state index contributed by atoms with van der Waals surface area (Å²) in [7, 11) is 0. The van der Waals surface area contributed by atoms with E-state index in [9.17, 15) is 4.79 Å². The highest BCUT2D eigenvalue weighted by atomic mass is 79.9. The summed E-state index contributed by atoms with van der Waals surface area (Å²) in [6.45, 7) is 0. The first-order valence-electron chi connectivity index (χ1n) is 3.49. The molecule has 0 radical (unpaired) electrons. The molecule has 1 atom stereocenters. The molecule has 11 heavy (non-hydrogen) atoms. The van der Waals surface area contributed by atoms with Crippen molar-refractivity contribution in [3.8, 4) is 0 Å². The van der Waals surface area contributed by atoms with Gasteiger partial charge in [-0.3, -0.25) is 4.79 Å². The Morgan fingerprint density at radius 2 is 2.55 bits per heavy atom. The number of halogens is 1. The Labute approximate surface area is 72.6 Å². The average Bonchev–Trinajstić information content (AvgIpc) is 2.33. The molecule has 0 aromatic carbocycles. The van der Waals surface area contributed by atoms with E-state index in [-0.39, 0.29) is 6.04 Å². The van der Waals surface area contributed by atoms with Gasteiger partial charge in [0.1, 0.15) is 4.60 Å². The number of hydrogen-bond donors (Lipinski definition) is 0. The molecule has 0 N–H and O–H groups in total. The number of carbonyl (C=O) groups excluding carboxylic acids is 1. The van der Waals surface area contributed by atoms with Gasteiger partial charge in [0.25, 0.3) is 0 Å². The van der Waals surface area contributed by atoms with E-state index in [2.05, 4.69) is 20.9 Å². The van der Waals surface area contributed by atoms with Gasteiger partial charge < -0.3 is 4.57 Å². The van der Waals surface area contributed by atoms with Crippen LogP contribution in [0.1, 0.15) is 18.9 Å². The van der Waals surface area contributed by atoms with E-state index in [1.54, 1.807) is 6.33 Å². The number of Topliss-reactive ketones (excluding diaryl/α,β-unsaturated/α-hetero) is 1. The summed E-state index contributed by atoms with van der Waals surface area (Å²) in [5.41, 5.74) is 0. The lowest BCUT2D eigenvalue weighted by atomic mass is 9.91. The zero-order valence-corrected chi connectivity index (χ0v) is 7.41. The number of ketones is 1. The van der Waals surface area contributed by atoms with Crippen LogP contribution in [0.25, 0.3) is 0 Å². The average molecular weight is 215 g/mol. The fourth-order valence-electron chi connectivity index (χ4n) is 1.19. The van der Waals surface area contributed by atoms with Crippen LogP contribution in [-0.2, 0) is 4.79 Å². The maximum Gasteiger partial charge on any atom is 0.155 e. The van der Waals surface area contributed by atoms with Crippen LogP contribution < -0.4 is 0 Å². The lowest BCUT2D eigenvalue weighted by Crippen LogP contribution is -2.27. The van der Waals surface area contributed by atoms with E-state index in [1.807, 2.05) is 10.8 Å². The minimum absolute atomic E-state index is 0.0637. The molecule has 1 heterocycles. The van der Waals surface area contributed by atoms with Gasteiger partial charge in [-0.25, -0.2) is 4.98 Å². The number of carbonyl (C=O) groups is 1. The summed E-state index contributed by atoms with van der Waals surface area (Å²) in [5.74, 6) is 0.315. The Bertz CT molecular complexity index is 294. The van der Waals surface area contributed by atoms with Crippen molar-refractivity contribution >= 4 is 21.7 Å². The first kappa shape index (κ1) is 7.03. The van der Waals surface area contributed by atoms with Crippen LogP contribution in [0.15, 0.2) is 17.1 Å². The number of imidazole rings is 1. The molecule has 3 nitrogen and oxygen atoms in total. The smallest absolute Gasteiger partial charge is 0.155 e. The first-order chi connectivity index (χ1) is 5.27. The third-order valence-corrected chi connectivity index (χ3v) is 2.38. The van der Waals surface area contributed by atoms with Gasteiger partial charge in [-0.05, 0) is 22.4 Å². The largest absolute Gasteiger partial charge is 0.326 e. The fourth-order valence-corrected chi connectivity index (χ4v) is 1.52. The molecular formula is C7H7BrN2O. The van der Waals surface area contributed by atoms with Gasteiger partial charge in [-0.15, -0.1) is 0 Å². The standard InChI is InChI=1S/C7H7BrN2O/c8-7-3-10(4-9-7)5-1-2-6(5)11/h3-5H,1-2H2. The zero-order chi connectivity index (χ0) is 7.84. The molecule has 0 aliphatic heterocycles. The van der Waals surface area contributed by atoms with Crippen LogP contribution in [-0.4, -0.2) is 15.3 Å². The maximum absolute atomic E-state index is 11.0. The van der Waals surface area contributed by atoms with Crippen LogP contribution in [0.4, 0.5) is 0 Å². The highest BCUT2D eigenvalue weighted by molar-refractivity contribution is 9.10. The first-order valence-corrected chi connectivity index (χ1v) is 4.28. The Hall–Kier alpha value is -0.640. The van der Waals surface area contributed by atoms with Gasteiger partial charge in [-0.2, -0.15) is 0 Å². The maximum atomic E-state index is 11.0. The topological polar surface area (TPSA) is 34.9 Å². The minimum Gasteiger partial charge on any atom is -0.326 e. The van der Waals surface area contributed by atoms with Crippen molar-refractivity contribution in [2.24, 2.45) is 0 Å². The second-order valence-corrected chi connectivity index (χ2v) is 3.48. The zero-order valence-electron chi connectivity index (χ0n) is 5.83. The van der Waals surface area contributed by atoms with Gasteiger partial charge in [-0.1, -0.05) is 0 Å². The van der Waals surface area contributed by atoms with Crippen LogP contribution in [0.2, 0.25) is 0 Å². The number of nitrogens with zero attached hydrogens (tertiary/aromatic N) is 2. The second-order valence-electron chi connectivity index (χ2n) is 2.66. The number of rotatable bonds is 1. The SMILES string of the molecule is O=C1CCC1n1cnc(Br)c1. The minimum atomic E-state index is 0.0637. The normalized spacial score (nSPS) is 23.4. The van der Waals surface area contributed by atoms with Crippen LogP contribution in [0, 0.1) is 0 Å². The highest BCUT2D eigenvalue weighted by Gasteiger charge is 2.29. The highest BCUT2D eigenvalue weighted by Crippen LogP contribution is 2.27. The Kier molecular flexibility index (Phi) is 1.56. The summed E-state index contributed by atoms with van der Waals surface area (Å²) >= 11 is 3.23. The molecule has 4 heteroatoms. The monoisotopic (exact) mass is 214 g/mol. The van der Waals surface area contributed by atoms with Crippen LogP contribution in [0.3, 0.4) is 0 Å². The molecule has 1 unspecified atom stereocenters. The molecule has 1 aromatic heterocycles. The van der Waals surface area contributed by atoms with Crippen molar-refractivity contribution in [3.05, 3.63) is 17.1 Å². The predicted molar refractivity (Wildman–Crippen MR) is 43.2 cm³/mol. The molecular weight excluding hydrogens is 208 g/mol. The molecule has 1 saturated carbocycles. The molecule has 58 valence electrons. The van der Waals surface area contributed by atoms with E-state index in [0.29, 0.717) is 5.78 Å². The molecule has 0 spiro atoms. The molecule has 1 aliphatic carbocycles. The fraction of sp³-hybridized carbons (Fsp3) is 0.429. The van der Waals surface area contributed by atoms with Crippen LogP contribution >= 0.6 is 15.9 Å². The lowest BCUT2D eigenvalue weighted by molar-refractivity contribution is -0.128. The van der Waals surface area contributed by atoms with Crippen LogP contribution in [0.5, 0.6) is 0 Å². The quantitative estimate of drug-likeness (QED) is 0.712. The Morgan fingerprint density at radius 3 is 2.91 bits per heavy atom. The molecule has 0 saturated heterocycles. The van der Waals surface area contributed by atoms with E-state index in [1.165, 1.54) is 0 Å². The van der Waals surface area contributed by atoms with Crippen molar-refractivity contribution in [3.63, 3.8) is 0 Å². The van der Waals surface area contributed by atoms with Gasteiger partial charge >= 0.3 is 0 Å². The Balaban J connectivity index is 2.23. The van der Waals surface area contributed by atoms with Crippen molar-refractivity contribution in [1.29, 1.82) is 0 Å². The van der Waals surface area contributed by atoms with E-state index < -0.39 is 0 Å². The van der Waals surface area contributed by atoms with Gasteiger partial charge in [0.05, 0.1) is 12.4 Å². The van der Waals surface area contributed by atoms with E-state index >= 15 is 0 Å². The molecule has 1 fully saturated rings. The van der Waals surface area contributed by atoms with Crippen molar-refractivity contribution in [2.45, 2.75) is 18.9 Å². The molecule has 0 amide bonds. The summed E-state index contributed by atoms with van der Waals surface area (Å²) in [6, 6.07) is 0.0637. The molecule has 1 aromatic rings. The molecule has 1 aliphatic rings.